The molecular weight excluding hydrogens is 330 g/mol. The van der Waals surface area contributed by atoms with Crippen molar-refractivity contribution >= 4 is 29.9 Å². The van der Waals surface area contributed by atoms with Crippen molar-refractivity contribution in [1.82, 2.24) is 5.32 Å². The zero-order chi connectivity index (χ0) is 15.4. The Morgan fingerprint density at radius 2 is 2.09 bits per heavy atom. The molecule has 1 aromatic rings. The molecule has 124 valence electrons. The van der Waals surface area contributed by atoms with Crippen molar-refractivity contribution < 1.29 is 13.9 Å². The Balaban J connectivity index is 0.00000242. The van der Waals surface area contributed by atoms with Crippen LogP contribution in [-0.2, 0) is 9.53 Å². The van der Waals surface area contributed by atoms with Gasteiger partial charge < -0.3 is 15.8 Å². The normalized spacial score (nSPS) is 18.2. The van der Waals surface area contributed by atoms with Gasteiger partial charge in [-0.15, -0.1) is 12.4 Å². The Hall–Kier alpha value is -0.880. The molecule has 2 rings (SSSR count). The number of carbonyl (C=O) groups is 1. The zero-order valence-corrected chi connectivity index (χ0v) is 13.9. The van der Waals surface area contributed by atoms with Gasteiger partial charge in [-0.3, -0.25) is 4.79 Å². The second-order valence-corrected chi connectivity index (χ2v) is 5.75. The fraction of sp³-hybridized carbons (Fsp3) is 0.533. The Morgan fingerprint density at radius 1 is 1.45 bits per heavy atom. The average Bonchev–Trinajstić information content (AvgIpc) is 2.47. The molecule has 1 aliphatic heterocycles. The summed E-state index contributed by atoms with van der Waals surface area (Å²) in [5, 5.41) is 3.04. The van der Waals surface area contributed by atoms with E-state index < -0.39 is 17.9 Å². The van der Waals surface area contributed by atoms with Crippen LogP contribution in [0.15, 0.2) is 18.2 Å². The maximum atomic E-state index is 13.8. The maximum Gasteiger partial charge on any atom is 0.237 e. The van der Waals surface area contributed by atoms with Crippen LogP contribution < -0.4 is 11.1 Å². The molecule has 3 N–H and O–H groups in total. The van der Waals surface area contributed by atoms with Gasteiger partial charge in [0, 0.05) is 23.8 Å². The van der Waals surface area contributed by atoms with Gasteiger partial charge in [-0.25, -0.2) is 4.39 Å². The SMILES string of the molecule is CC(NC(=O)C(N)C1CCOCC1)c1c(F)cccc1Cl.Cl. The van der Waals surface area contributed by atoms with Crippen molar-refractivity contribution in [3.8, 4) is 0 Å². The highest BCUT2D eigenvalue weighted by Crippen LogP contribution is 2.26. The summed E-state index contributed by atoms with van der Waals surface area (Å²) in [5.74, 6) is -0.620. The lowest BCUT2D eigenvalue weighted by Gasteiger charge is -2.28. The maximum absolute atomic E-state index is 13.8. The Kier molecular flexibility index (Phi) is 7.56. The van der Waals surface area contributed by atoms with Gasteiger partial charge in [0.25, 0.3) is 0 Å². The van der Waals surface area contributed by atoms with Crippen LogP contribution in [0.25, 0.3) is 0 Å². The van der Waals surface area contributed by atoms with Crippen LogP contribution in [0.1, 0.15) is 31.4 Å². The molecule has 2 atom stereocenters. The quantitative estimate of drug-likeness (QED) is 0.877. The van der Waals surface area contributed by atoms with Crippen molar-refractivity contribution in [3.63, 3.8) is 0 Å². The first kappa shape index (κ1) is 19.2. The molecule has 0 radical (unpaired) electrons. The Bertz CT molecular complexity index is 490. The van der Waals surface area contributed by atoms with Crippen LogP contribution in [0.3, 0.4) is 0 Å². The van der Waals surface area contributed by atoms with Crippen LogP contribution in [0.2, 0.25) is 5.02 Å². The van der Waals surface area contributed by atoms with E-state index in [1.165, 1.54) is 12.1 Å². The van der Waals surface area contributed by atoms with Gasteiger partial charge in [-0.05, 0) is 37.8 Å². The molecule has 0 spiro atoms. The summed E-state index contributed by atoms with van der Waals surface area (Å²) in [6, 6.07) is 3.31. The zero-order valence-electron chi connectivity index (χ0n) is 12.4. The average molecular weight is 351 g/mol. The van der Waals surface area contributed by atoms with E-state index in [2.05, 4.69) is 5.32 Å². The van der Waals surface area contributed by atoms with Gasteiger partial charge in [-0.2, -0.15) is 0 Å². The number of ether oxygens (including phenoxy) is 1. The van der Waals surface area contributed by atoms with E-state index in [1.807, 2.05) is 0 Å². The Morgan fingerprint density at radius 3 is 2.68 bits per heavy atom. The topological polar surface area (TPSA) is 64.4 Å². The van der Waals surface area contributed by atoms with E-state index in [4.69, 9.17) is 22.1 Å². The van der Waals surface area contributed by atoms with Crippen LogP contribution >= 0.6 is 24.0 Å². The molecule has 7 heteroatoms. The summed E-state index contributed by atoms with van der Waals surface area (Å²) in [6.07, 6.45) is 1.53. The van der Waals surface area contributed by atoms with E-state index in [0.717, 1.165) is 12.8 Å². The number of hydrogen-bond acceptors (Lipinski definition) is 3. The molecule has 2 unspecified atom stereocenters. The van der Waals surface area contributed by atoms with Crippen molar-refractivity contribution in [2.75, 3.05) is 13.2 Å². The van der Waals surface area contributed by atoms with Gasteiger partial charge in [0.1, 0.15) is 5.82 Å². The molecule has 4 nitrogen and oxygen atoms in total. The minimum absolute atomic E-state index is 0. The van der Waals surface area contributed by atoms with Gasteiger partial charge in [0.2, 0.25) is 5.91 Å². The second kappa shape index (κ2) is 8.67. The molecule has 22 heavy (non-hydrogen) atoms. The number of carbonyl (C=O) groups excluding carboxylic acids is 1. The molecule has 1 fully saturated rings. The largest absolute Gasteiger partial charge is 0.381 e. The van der Waals surface area contributed by atoms with E-state index in [0.29, 0.717) is 18.2 Å². The summed E-state index contributed by atoms with van der Waals surface area (Å²) in [6.45, 7) is 2.94. The second-order valence-electron chi connectivity index (χ2n) is 5.34. The molecule has 1 heterocycles. The third-order valence-corrected chi connectivity index (χ3v) is 4.20. The summed E-state index contributed by atoms with van der Waals surface area (Å²) in [5.41, 5.74) is 6.28. The number of nitrogens with one attached hydrogen (secondary N) is 1. The van der Waals surface area contributed by atoms with Gasteiger partial charge in [0.05, 0.1) is 12.1 Å². The summed E-state index contributed by atoms with van der Waals surface area (Å²) >= 11 is 6.00. The third kappa shape index (κ3) is 4.56. The minimum Gasteiger partial charge on any atom is -0.381 e. The standard InChI is InChI=1S/C15H20ClFN2O2.ClH/c1-9(13-11(16)3-2-4-12(13)17)19-15(20)14(18)10-5-7-21-8-6-10;/h2-4,9-10,14H,5-8,18H2,1H3,(H,19,20);1H. The highest BCUT2D eigenvalue weighted by molar-refractivity contribution is 6.31. The highest BCUT2D eigenvalue weighted by Gasteiger charge is 2.28. The van der Waals surface area contributed by atoms with Crippen molar-refractivity contribution in [1.29, 1.82) is 0 Å². The monoisotopic (exact) mass is 350 g/mol. The first-order valence-corrected chi connectivity index (χ1v) is 7.46. The number of benzene rings is 1. The molecule has 0 aliphatic carbocycles. The first-order valence-electron chi connectivity index (χ1n) is 7.08. The summed E-state index contributed by atoms with van der Waals surface area (Å²) in [4.78, 5) is 12.2. The summed E-state index contributed by atoms with van der Waals surface area (Å²) < 4.78 is 19.1. The lowest BCUT2D eigenvalue weighted by atomic mass is 9.91. The first-order chi connectivity index (χ1) is 10.0. The summed E-state index contributed by atoms with van der Waals surface area (Å²) in [7, 11) is 0. The van der Waals surface area contributed by atoms with Crippen molar-refractivity contribution in [3.05, 3.63) is 34.6 Å². The van der Waals surface area contributed by atoms with E-state index in [1.54, 1.807) is 13.0 Å². The van der Waals surface area contributed by atoms with Gasteiger partial charge in [-0.1, -0.05) is 17.7 Å². The molecule has 0 bridgehead atoms. The molecule has 0 aromatic heterocycles. The third-order valence-electron chi connectivity index (χ3n) is 3.87. The Labute approximate surface area is 140 Å². The van der Waals surface area contributed by atoms with Gasteiger partial charge in [0.15, 0.2) is 0 Å². The van der Waals surface area contributed by atoms with E-state index in [-0.39, 0.29) is 29.8 Å². The van der Waals surface area contributed by atoms with Crippen molar-refractivity contribution in [2.45, 2.75) is 31.8 Å². The minimum atomic E-state index is -0.609. The number of hydrogen-bond donors (Lipinski definition) is 2. The number of rotatable bonds is 4. The number of halogens is 3. The van der Waals surface area contributed by atoms with Crippen LogP contribution in [0, 0.1) is 11.7 Å². The van der Waals surface area contributed by atoms with Crippen LogP contribution in [0.4, 0.5) is 4.39 Å². The van der Waals surface area contributed by atoms with Crippen molar-refractivity contribution in [2.24, 2.45) is 11.7 Å². The molecular formula is C15H21Cl2FN2O2. The molecule has 1 aromatic carbocycles. The fourth-order valence-corrected chi connectivity index (χ4v) is 2.92. The highest BCUT2D eigenvalue weighted by atomic mass is 35.5. The molecule has 1 amide bonds. The van der Waals surface area contributed by atoms with E-state index >= 15 is 0 Å². The van der Waals surface area contributed by atoms with E-state index in [9.17, 15) is 9.18 Å². The molecule has 0 saturated carbocycles. The fourth-order valence-electron chi connectivity index (χ4n) is 2.60. The predicted molar refractivity (Wildman–Crippen MR) is 86.7 cm³/mol. The lowest BCUT2D eigenvalue weighted by Crippen LogP contribution is -2.47. The predicted octanol–water partition coefficient (Wildman–Crippen LogP) is 2.83. The smallest absolute Gasteiger partial charge is 0.237 e. The van der Waals surface area contributed by atoms with Crippen LogP contribution in [0.5, 0.6) is 0 Å². The van der Waals surface area contributed by atoms with Gasteiger partial charge >= 0.3 is 0 Å². The molecule has 1 saturated heterocycles. The number of amides is 1. The number of nitrogens with two attached hydrogens (primary N) is 1. The molecule has 1 aliphatic rings. The van der Waals surface area contributed by atoms with Crippen LogP contribution in [-0.4, -0.2) is 25.2 Å². The lowest BCUT2D eigenvalue weighted by molar-refractivity contribution is -0.125.